The standard InChI is InChI=1S/C29H41N5O3/c1-20-18-34(19-21(2)37-20)29(36)28(30)24-10-6-11-25(24)31-17-27(35)33-15-13-32(14-16-33)26-12-5-8-22-7-3-4-9-23(22)26/h5,8,12,20-21H,3-4,6-7,9-11,13-19,30H2,1-2H3/b28-24-,31-25?/t20-,21+. The van der Waals surface area contributed by atoms with Gasteiger partial charge in [0, 0.05) is 56.2 Å². The summed E-state index contributed by atoms with van der Waals surface area (Å²) in [6, 6.07) is 6.69. The third kappa shape index (κ3) is 5.69. The molecule has 2 saturated heterocycles. The Hall–Kier alpha value is -2.87. The first kappa shape index (κ1) is 25.8. The van der Waals surface area contributed by atoms with Gasteiger partial charge in [0.25, 0.3) is 5.91 Å². The highest BCUT2D eigenvalue weighted by Gasteiger charge is 2.30. The van der Waals surface area contributed by atoms with Crippen molar-refractivity contribution in [2.75, 3.05) is 50.7 Å². The highest BCUT2D eigenvalue weighted by molar-refractivity contribution is 6.09. The summed E-state index contributed by atoms with van der Waals surface area (Å²) in [6.07, 6.45) is 7.28. The molecule has 37 heavy (non-hydrogen) atoms. The predicted molar refractivity (Wildman–Crippen MR) is 146 cm³/mol. The van der Waals surface area contributed by atoms with Crippen LogP contribution >= 0.6 is 0 Å². The molecule has 4 aliphatic rings. The van der Waals surface area contributed by atoms with E-state index in [2.05, 4.69) is 28.1 Å². The Morgan fingerprint density at radius 1 is 0.946 bits per heavy atom. The van der Waals surface area contributed by atoms with Crippen molar-refractivity contribution in [2.24, 2.45) is 10.7 Å². The zero-order chi connectivity index (χ0) is 25.9. The predicted octanol–water partition coefficient (Wildman–Crippen LogP) is 2.69. The number of carbonyl (C=O) groups is 2. The lowest BCUT2D eigenvalue weighted by molar-refractivity contribution is -0.139. The number of morpholine rings is 1. The number of rotatable bonds is 4. The second-order valence-electron chi connectivity index (χ2n) is 11.0. The van der Waals surface area contributed by atoms with Crippen LogP contribution in [0.5, 0.6) is 0 Å². The Morgan fingerprint density at radius 2 is 1.68 bits per heavy atom. The summed E-state index contributed by atoms with van der Waals surface area (Å²) in [7, 11) is 0. The molecule has 8 nitrogen and oxygen atoms in total. The molecule has 1 aromatic rings. The highest BCUT2D eigenvalue weighted by atomic mass is 16.5. The number of fused-ring (bicyclic) bond motifs is 1. The molecule has 0 radical (unpaired) electrons. The molecular formula is C29H41N5O3. The number of allylic oxidation sites excluding steroid dienone is 1. The number of aryl methyl sites for hydroxylation is 1. The SMILES string of the molecule is C[C@@H]1CN(C(=O)/C(N)=C2\CCCC2=NCC(=O)N2CCN(c3cccc4c3CCCC4)CC2)C[C@H](C)O1. The summed E-state index contributed by atoms with van der Waals surface area (Å²) in [5, 5.41) is 0. The number of anilines is 1. The number of hydrogen-bond acceptors (Lipinski definition) is 6. The van der Waals surface area contributed by atoms with Crippen LogP contribution in [0.3, 0.4) is 0 Å². The van der Waals surface area contributed by atoms with Crippen molar-refractivity contribution in [3.05, 3.63) is 40.6 Å². The number of hydrogen-bond donors (Lipinski definition) is 1. The smallest absolute Gasteiger partial charge is 0.270 e. The molecule has 200 valence electrons. The van der Waals surface area contributed by atoms with E-state index < -0.39 is 0 Å². The van der Waals surface area contributed by atoms with Crippen LogP contribution in [0.25, 0.3) is 0 Å². The van der Waals surface area contributed by atoms with E-state index in [1.165, 1.54) is 36.1 Å². The maximum absolute atomic E-state index is 13.1. The van der Waals surface area contributed by atoms with Crippen LogP contribution in [0.4, 0.5) is 5.69 Å². The Balaban J connectivity index is 1.19. The molecule has 2 N–H and O–H groups in total. The molecule has 0 aromatic heterocycles. The summed E-state index contributed by atoms with van der Waals surface area (Å²) < 4.78 is 5.75. The molecule has 8 heteroatoms. The van der Waals surface area contributed by atoms with E-state index in [-0.39, 0.29) is 36.3 Å². The van der Waals surface area contributed by atoms with E-state index in [1.807, 2.05) is 18.7 Å². The second kappa shape index (κ2) is 11.3. The van der Waals surface area contributed by atoms with E-state index in [4.69, 9.17) is 10.5 Å². The molecule has 2 amide bonds. The van der Waals surface area contributed by atoms with E-state index in [1.54, 1.807) is 4.90 Å². The monoisotopic (exact) mass is 507 g/mol. The van der Waals surface area contributed by atoms with E-state index in [9.17, 15) is 9.59 Å². The number of nitrogens with zero attached hydrogens (tertiary/aromatic N) is 4. The summed E-state index contributed by atoms with van der Waals surface area (Å²) in [4.78, 5) is 36.9. The van der Waals surface area contributed by atoms with Gasteiger partial charge in [-0.2, -0.15) is 0 Å². The second-order valence-corrected chi connectivity index (χ2v) is 11.0. The fraction of sp³-hybridized carbons (Fsp3) is 0.621. The number of benzene rings is 1. The Morgan fingerprint density at radius 3 is 2.43 bits per heavy atom. The first-order chi connectivity index (χ1) is 17.9. The Kier molecular flexibility index (Phi) is 7.84. The first-order valence-corrected chi connectivity index (χ1v) is 14.0. The molecule has 2 aliphatic heterocycles. The van der Waals surface area contributed by atoms with Gasteiger partial charge in [0.1, 0.15) is 12.2 Å². The van der Waals surface area contributed by atoms with Crippen molar-refractivity contribution in [3.8, 4) is 0 Å². The molecule has 2 aliphatic carbocycles. The van der Waals surface area contributed by atoms with Crippen LogP contribution in [-0.4, -0.2) is 85.3 Å². The number of carbonyl (C=O) groups excluding carboxylic acids is 2. The summed E-state index contributed by atoms with van der Waals surface area (Å²) in [5.74, 6) is -0.0913. The lowest BCUT2D eigenvalue weighted by Crippen LogP contribution is -2.50. The van der Waals surface area contributed by atoms with Gasteiger partial charge >= 0.3 is 0 Å². The van der Waals surface area contributed by atoms with Gasteiger partial charge in [-0.1, -0.05) is 12.1 Å². The van der Waals surface area contributed by atoms with E-state index in [0.29, 0.717) is 26.2 Å². The van der Waals surface area contributed by atoms with Crippen molar-refractivity contribution in [1.29, 1.82) is 0 Å². The van der Waals surface area contributed by atoms with Gasteiger partial charge in [-0.05, 0) is 76.0 Å². The molecule has 0 unspecified atom stereocenters. The van der Waals surface area contributed by atoms with Crippen LogP contribution < -0.4 is 10.6 Å². The zero-order valence-corrected chi connectivity index (χ0v) is 22.4. The molecule has 1 aromatic carbocycles. The molecule has 0 bridgehead atoms. The molecule has 2 atom stereocenters. The molecule has 5 rings (SSSR count). The third-order valence-corrected chi connectivity index (χ3v) is 8.20. The van der Waals surface area contributed by atoms with Crippen molar-refractivity contribution in [3.63, 3.8) is 0 Å². The maximum atomic E-state index is 13.1. The number of aliphatic imine (C=N–C) groups is 1. The molecule has 0 spiro atoms. The van der Waals surface area contributed by atoms with Crippen LogP contribution in [-0.2, 0) is 27.2 Å². The lowest BCUT2D eigenvalue weighted by Gasteiger charge is -2.37. The molecule has 2 heterocycles. The Labute approximate surface area is 220 Å². The van der Waals surface area contributed by atoms with Gasteiger partial charge < -0.3 is 25.2 Å². The quantitative estimate of drug-likeness (QED) is 0.633. The fourth-order valence-corrected chi connectivity index (χ4v) is 6.35. The van der Waals surface area contributed by atoms with Crippen molar-refractivity contribution in [1.82, 2.24) is 9.80 Å². The van der Waals surface area contributed by atoms with Crippen molar-refractivity contribution in [2.45, 2.75) is 71.0 Å². The number of nitrogens with two attached hydrogens (primary N) is 1. The minimum Gasteiger partial charge on any atom is -0.394 e. The van der Waals surface area contributed by atoms with Gasteiger partial charge in [0.2, 0.25) is 5.91 Å². The van der Waals surface area contributed by atoms with E-state index in [0.717, 1.165) is 50.1 Å². The third-order valence-electron chi connectivity index (χ3n) is 8.20. The maximum Gasteiger partial charge on any atom is 0.270 e. The minimum absolute atomic E-state index is 0.00684. The molecular weight excluding hydrogens is 466 g/mol. The molecule has 1 saturated carbocycles. The average Bonchev–Trinajstić information content (AvgIpc) is 3.39. The van der Waals surface area contributed by atoms with Crippen LogP contribution in [0.1, 0.15) is 57.1 Å². The zero-order valence-electron chi connectivity index (χ0n) is 22.4. The summed E-state index contributed by atoms with van der Waals surface area (Å²) in [6.45, 7) is 8.27. The van der Waals surface area contributed by atoms with Crippen molar-refractivity contribution < 1.29 is 14.3 Å². The first-order valence-electron chi connectivity index (χ1n) is 14.0. The highest BCUT2D eigenvalue weighted by Crippen LogP contribution is 2.31. The lowest BCUT2D eigenvalue weighted by atomic mass is 9.90. The average molecular weight is 508 g/mol. The topological polar surface area (TPSA) is 91.5 Å². The largest absolute Gasteiger partial charge is 0.394 e. The Bertz CT molecular complexity index is 1080. The van der Waals surface area contributed by atoms with E-state index >= 15 is 0 Å². The van der Waals surface area contributed by atoms with Gasteiger partial charge in [0.15, 0.2) is 0 Å². The van der Waals surface area contributed by atoms with Crippen LogP contribution in [0.2, 0.25) is 0 Å². The fourth-order valence-electron chi connectivity index (χ4n) is 6.35. The van der Waals surface area contributed by atoms with Crippen LogP contribution in [0.15, 0.2) is 34.5 Å². The van der Waals surface area contributed by atoms with Crippen LogP contribution in [0, 0.1) is 0 Å². The minimum atomic E-state index is -0.142. The van der Waals surface area contributed by atoms with Gasteiger partial charge in [-0.25, -0.2) is 0 Å². The van der Waals surface area contributed by atoms with Gasteiger partial charge in [0.05, 0.1) is 12.2 Å². The van der Waals surface area contributed by atoms with Gasteiger partial charge in [-0.3, -0.25) is 14.6 Å². The van der Waals surface area contributed by atoms with Gasteiger partial charge in [-0.15, -0.1) is 0 Å². The number of ether oxygens (including phenoxy) is 1. The normalized spacial score (nSPS) is 26.9. The number of amides is 2. The van der Waals surface area contributed by atoms with Crippen molar-refractivity contribution >= 4 is 23.2 Å². The summed E-state index contributed by atoms with van der Waals surface area (Å²) >= 11 is 0. The molecule has 3 fully saturated rings. The number of piperazine rings is 1. The summed E-state index contributed by atoms with van der Waals surface area (Å²) in [5.41, 5.74) is 12.7.